The van der Waals surface area contributed by atoms with E-state index in [1.54, 1.807) is 6.20 Å². The lowest BCUT2D eigenvalue weighted by molar-refractivity contribution is 0.0857. The van der Waals surface area contributed by atoms with Gasteiger partial charge in [0.25, 0.3) is 5.91 Å². The summed E-state index contributed by atoms with van der Waals surface area (Å²) in [7, 11) is 0. The van der Waals surface area contributed by atoms with Crippen molar-refractivity contribution in [2.75, 3.05) is 0 Å². The molecule has 1 amide bonds. The molecule has 1 aromatic carbocycles. The summed E-state index contributed by atoms with van der Waals surface area (Å²) in [5.41, 5.74) is 3.53. The molecule has 2 aromatic rings. The second-order valence-electron chi connectivity index (χ2n) is 6.64. The Morgan fingerprint density at radius 1 is 1.43 bits per heavy atom. The number of amides is 1. The molecule has 122 valence electrons. The molecular formula is C18H23N3O2. The predicted molar refractivity (Wildman–Crippen MR) is 88.2 cm³/mol. The van der Waals surface area contributed by atoms with Gasteiger partial charge in [-0.2, -0.15) is 5.10 Å². The van der Waals surface area contributed by atoms with Gasteiger partial charge in [0.15, 0.2) is 0 Å². The number of carbonyl (C=O) groups excluding carboxylic acids is 1. The number of aliphatic hydroxyl groups is 1. The van der Waals surface area contributed by atoms with Gasteiger partial charge < -0.3 is 10.4 Å². The van der Waals surface area contributed by atoms with E-state index in [4.69, 9.17) is 0 Å². The maximum atomic E-state index is 12.6. The molecule has 5 heteroatoms. The summed E-state index contributed by atoms with van der Waals surface area (Å²) in [6, 6.07) is 7.49. The van der Waals surface area contributed by atoms with Crippen molar-refractivity contribution >= 4 is 5.91 Å². The Morgan fingerprint density at radius 2 is 2.17 bits per heavy atom. The van der Waals surface area contributed by atoms with Crippen molar-refractivity contribution in [1.29, 1.82) is 0 Å². The first-order valence-electron chi connectivity index (χ1n) is 8.06. The minimum absolute atomic E-state index is 0.182. The van der Waals surface area contributed by atoms with E-state index in [2.05, 4.69) is 24.3 Å². The molecule has 0 saturated heterocycles. The van der Waals surface area contributed by atoms with Gasteiger partial charge in [-0.1, -0.05) is 38.1 Å². The molecule has 2 atom stereocenters. The van der Waals surface area contributed by atoms with Crippen LogP contribution in [0.15, 0.2) is 30.5 Å². The molecule has 0 radical (unpaired) electrons. The average Bonchev–Trinajstić information content (AvgIpc) is 3.00. The molecule has 2 N–H and O–H groups in total. The maximum Gasteiger partial charge on any atom is 0.255 e. The minimum atomic E-state index is -0.581. The second kappa shape index (κ2) is 6.16. The molecule has 0 bridgehead atoms. The molecule has 3 rings (SSSR count). The van der Waals surface area contributed by atoms with Crippen LogP contribution in [0.2, 0.25) is 0 Å². The number of hydrogen-bond donors (Lipinski definition) is 2. The average molecular weight is 313 g/mol. The molecule has 0 fully saturated rings. The van der Waals surface area contributed by atoms with Crippen LogP contribution >= 0.6 is 0 Å². The molecule has 1 aliphatic carbocycles. The molecule has 1 aromatic heterocycles. The Bertz CT molecular complexity index is 721. The van der Waals surface area contributed by atoms with E-state index in [9.17, 15) is 9.90 Å². The summed E-state index contributed by atoms with van der Waals surface area (Å²) in [5.74, 6) is 0.284. The van der Waals surface area contributed by atoms with E-state index < -0.39 is 6.10 Å². The number of nitrogens with one attached hydrogen (secondary N) is 1. The summed E-state index contributed by atoms with van der Waals surface area (Å²) in [6.07, 6.45) is 1.61. The number of aromatic nitrogens is 2. The molecule has 5 nitrogen and oxygen atoms in total. The topological polar surface area (TPSA) is 67.2 Å². The summed E-state index contributed by atoms with van der Waals surface area (Å²) in [4.78, 5) is 12.6. The van der Waals surface area contributed by atoms with E-state index >= 15 is 0 Å². The zero-order valence-electron chi connectivity index (χ0n) is 13.8. The largest absolute Gasteiger partial charge is 0.390 e. The fraction of sp³-hybridized carbons (Fsp3) is 0.444. The zero-order chi connectivity index (χ0) is 16.6. The van der Waals surface area contributed by atoms with Gasteiger partial charge in [0.05, 0.1) is 23.9 Å². The molecule has 2 unspecified atom stereocenters. The van der Waals surface area contributed by atoms with Crippen molar-refractivity contribution in [3.05, 3.63) is 52.8 Å². The third-order valence-corrected chi connectivity index (χ3v) is 4.38. The normalized spacial score (nSPS) is 19.9. The summed E-state index contributed by atoms with van der Waals surface area (Å²) in [5, 5.41) is 17.5. The highest BCUT2D eigenvalue weighted by Gasteiger charge is 2.32. The van der Waals surface area contributed by atoms with E-state index in [0.717, 1.165) is 23.4 Å². The van der Waals surface area contributed by atoms with Gasteiger partial charge in [-0.3, -0.25) is 9.48 Å². The van der Waals surface area contributed by atoms with Crippen molar-refractivity contribution in [3.63, 3.8) is 0 Å². The van der Waals surface area contributed by atoms with Crippen LogP contribution in [-0.2, 0) is 13.0 Å². The lowest BCUT2D eigenvalue weighted by Gasteiger charge is -2.18. The number of fused-ring (bicyclic) bond motifs is 1. The summed E-state index contributed by atoms with van der Waals surface area (Å²) < 4.78 is 1.86. The van der Waals surface area contributed by atoms with Crippen molar-refractivity contribution in [3.8, 4) is 0 Å². The first-order chi connectivity index (χ1) is 11.0. The van der Waals surface area contributed by atoms with Crippen LogP contribution in [0.25, 0.3) is 0 Å². The van der Waals surface area contributed by atoms with Crippen molar-refractivity contribution < 1.29 is 9.90 Å². The van der Waals surface area contributed by atoms with Crippen LogP contribution in [0, 0.1) is 12.8 Å². The van der Waals surface area contributed by atoms with E-state index in [0.29, 0.717) is 17.9 Å². The van der Waals surface area contributed by atoms with Crippen LogP contribution in [0.3, 0.4) is 0 Å². The molecule has 1 aliphatic rings. The lowest BCUT2D eigenvalue weighted by Crippen LogP contribution is -2.34. The van der Waals surface area contributed by atoms with Crippen molar-refractivity contribution in [2.45, 2.75) is 45.9 Å². The van der Waals surface area contributed by atoms with Gasteiger partial charge >= 0.3 is 0 Å². The Balaban J connectivity index is 1.79. The fourth-order valence-corrected chi connectivity index (χ4v) is 3.17. The Labute approximate surface area is 136 Å². The quantitative estimate of drug-likeness (QED) is 0.909. The first-order valence-corrected chi connectivity index (χ1v) is 8.06. The van der Waals surface area contributed by atoms with Gasteiger partial charge in [0.1, 0.15) is 0 Å². The fourth-order valence-electron chi connectivity index (χ4n) is 3.17. The Hall–Kier alpha value is -2.14. The van der Waals surface area contributed by atoms with Gasteiger partial charge in [-0.25, -0.2) is 0 Å². The molecule has 23 heavy (non-hydrogen) atoms. The third-order valence-electron chi connectivity index (χ3n) is 4.38. The Morgan fingerprint density at radius 3 is 2.91 bits per heavy atom. The molecular weight excluding hydrogens is 290 g/mol. The molecule has 0 aliphatic heterocycles. The number of nitrogens with zero attached hydrogens (tertiary/aromatic N) is 2. The summed E-state index contributed by atoms with van der Waals surface area (Å²) >= 11 is 0. The van der Waals surface area contributed by atoms with E-state index in [1.165, 1.54) is 0 Å². The monoisotopic (exact) mass is 313 g/mol. The SMILES string of the molecule is Cc1c(C(=O)NC2c3ccccc3CC2O)cnn1CC(C)C. The van der Waals surface area contributed by atoms with Crippen molar-refractivity contribution in [2.24, 2.45) is 5.92 Å². The van der Waals surface area contributed by atoms with Gasteiger partial charge in [0.2, 0.25) is 0 Å². The third kappa shape index (κ3) is 3.01. The van der Waals surface area contributed by atoms with Crippen LogP contribution in [-0.4, -0.2) is 26.9 Å². The zero-order valence-corrected chi connectivity index (χ0v) is 13.8. The number of hydrogen-bond acceptors (Lipinski definition) is 3. The number of aliphatic hydroxyl groups excluding tert-OH is 1. The molecule has 1 heterocycles. The van der Waals surface area contributed by atoms with Gasteiger partial charge in [-0.05, 0) is 24.0 Å². The van der Waals surface area contributed by atoms with E-state index in [-0.39, 0.29) is 11.9 Å². The van der Waals surface area contributed by atoms with Crippen LogP contribution in [0.5, 0.6) is 0 Å². The lowest BCUT2D eigenvalue weighted by atomic mass is 10.1. The molecule has 0 saturated carbocycles. The van der Waals surface area contributed by atoms with E-state index in [1.807, 2.05) is 35.9 Å². The highest BCUT2D eigenvalue weighted by molar-refractivity contribution is 5.95. The van der Waals surface area contributed by atoms with Gasteiger partial charge in [-0.15, -0.1) is 0 Å². The number of benzene rings is 1. The smallest absolute Gasteiger partial charge is 0.255 e. The Kier molecular flexibility index (Phi) is 4.22. The number of rotatable bonds is 4. The minimum Gasteiger partial charge on any atom is -0.390 e. The van der Waals surface area contributed by atoms with Crippen LogP contribution in [0.1, 0.15) is 47.1 Å². The van der Waals surface area contributed by atoms with Crippen LogP contribution < -0.4 is 5.32 Å². The van der Waals surface area contributed by atoms with Gasteiger partial charge in [0, 0.05) is 18.7 Å². The predicted octanol–water partition coefficient (Wildman–Crippen LogP) is 2.24. The van der Waals surface area contributed by atoms with Crippen molar-refractivity contribution in [1.82, 2.24) is 15.1 Å². The maximum absolute atomic E-state index is 12.6. The first kappa shape index (κ1) is 15.7. The van der Waals surface area contributed by atoms with Crippen LogP contribution in [0.4, 0.5) is 0 Å². The summed E-state index contributed by atoms with van der Waals surface area (Å²) in [6.45, 7) is 6.93. The highest BCUT2D eigenvalue weighted by atomic mass is 16.3. The molecule has 0 spiro atoms. The highest BCUT2D eigenvalue weighted by Crippen LogP contribution is 2.31. The number of carbonyl (C=O) groups is 1. The second-order valence-corrected chi connectivity index (χ2v) is 6.64. The standard InChI is InChI=1S/C18H23N3O2/c1-11(2)10-21-12(3)15(9-19-21)18(23)20-17-14-7-5-4-6-13(14)8-16(17)22/h4-7,9,11,16-17,22H,8,10H2,1-3H3,(H,20,23).